The molecule has 2 N–H and O–H groups in total. The summed E-state index contributed by atoms with van der Waals surface area (Å²) in [5, 5.41) is 0. The number of hydrogen-bond donors (Lipinski definition) is 1. The van der Waals surface area contributed by atoms with Gasteiger partial charge in [-0.1, -0.05) is 19.1 Å². The fourth-order valence-electron chi connectivity index (χ4n) is 2.57. The molecular formula is C16H24N2O2. The maximum absolute atomic E-state index is 12.3. The number of carbonyl (C=O) groups excluding carboxylic acids is 1. The normalized spacial score (nSPS) is 19.1. The first-order valence-corrected chi connectivity index (χ1v) is 7.43. The van der Waals surface area contributed by atoms with Crippen molar-refractivity contribution in [1.82, 2.24) is 4.90 Å². The van der Waals surface area contributed by atoms with Crippen LogP contribution in [0.1, 0.15) is 31.7 Å². The van der Waals surface area contributed by atoms with E-state index in [-0.39, 0.29) is 12.0 Å². The predicted molar refractivity (Wildman–Crippen MR) is 80.4 cm³/mol. The van der Waals surface area contributed by atoms with Crippen LogP contribution in [-0.2, 0) is 16.0 Å². The summed E-state index contributed by atoms with van der Waals surface area (Å²) in [6, 6.07) is 7.54. The van der Waals surface area contributed by atoms with Gasteiger partial charge in [-0.3, -0.25) is 4.79 Å². The van der Waals surface area contributed by atoms with Crippen LogP contribution in [0.4, 0.5) is 5.69 Å². The van der Waals surface area contributed by atoms with Crippen LogP contribution < -0.4 is 5.73 Å². The zero-order valence-electron chi connectivity index (χ0n) is 12.2. The molecule has 0 spiro atoms. The van der Waals surface area contributed by atoms with Crippen LogP contribution in [0.25, 0.3) is 0 Å². The van der Waals surface area contributed by atoms with Crippen molar-refractivity contribution in [2.75, 3.05) is 25.4 Å². The Labute approximate surface area is 120 Å². The highest BCUT2D eigenvalue weighted by Gasteiger charge is 2.23. The number of nitrogen functional groups attached to an aromatic ring is 1. The van der Waals surface area contributed by atoms with Gasteiger partial charge in [0.15, 0.2) is 0 Å². The largest absolute Gasteiger partial charge is 0.399 e. The number of nitrogens with zero attached hydrogens (tertiary/aromatic N) is 1. The van der Waals surface area contributed by atoms with Crippen LogP contribution in [0.15, 0.2) is 24.3 Å². The number of benzene rings is 1. The Balaban J connectivity index is 1.88. The van der Waals surface area contributed by atoms with Gasteiger partial charge in [0.05, 0.1) is 12.5 Å². The van der Waals surface area contributed by atoms with Crippen LogP contribution in [0.3, 0.4) is 0 Å². The van der Waals surface area contributed by atoms with Gasteiger partial charge in [0.25, 0.3) is 0 Å². The molecule has 4 heteroatoms. The van der Waals surface area contributed by atoms with Crippen LogP contribution in [0, 0.1) is 0 Å². The molecule has 0 aliphatic carbocycles. The van der Waals surface area contributed by atoms with Gasteiger partial charge in [-0.15, -0.1) is 0 Å². The van der Waals surface area contributed by atoms with Gasteiger partial charge >= 0.3 is 0 Å². The number of anilines is 1. The fraction of sp³-hybridized carbons (Fsp3) is 0.562. The summed E-state index contributed by atoms with van der Waals surface area (Å²) in [4.78, 5) is 14.3. The lowest BCUT2D eigenvalue weighted by Gasteiger charge is -2.32. The Kier molecular flexibility index (Phi) is 5.41. The maximum Gasteiger partial charge on any atom is 0.227 e. The van der Waals surface area contributed by atoms with E-state index >= 15 is 0 Å². The number of ether oxygens (including phenoxy) is 1. The molecule has 1 heterocycles. The molecule has 1 aromatic carbocycles. The number of hydrogen-bond acceptors (Lipinski definition) is 3. The molecule has 1 unspecified atom stereocenters. The monoisotopic (exact) mass is 276 g/mol. The van der Waals surface area contributed by atoms with Gasteiger partial charge in [-0.2, -0.15) is 0 Å². The van der Waals surface area contributed by atoms with E-state index in [2.05, 4.69) is 6.92 Å². The van der Waals surface area contributed by atoms with Crippen LogP contribution in [0.2, 0.25) is 0 Å². The molecule has 2 rings (SSSR count). The number of piperidine rings is 1. The fourth-order valence-corrected chi connectivity index (χ4v) is 2.57. The number of likely N-dealkylation sites (tertiary alicyclic amines) is 1. The lowest BCUT2D eigenvalue weighted by molar-refractivity contribution is -0.134. The van der Waals surface area contributed by atoms with Crippen molar-refractivity contribution in [3.63, 3.8) is 0 Å². The molecule has 20 heavy (non-hydrogen) atoms. The highest BCUT2D eigenvalue weighted by Crippen LogP contribution is 2.16. The Hall–Kier alpha value is -1.55. The van der Waals surface area contributed by atoms with Crippen LogP contribution in [0.5, 0.6) is 0 Å². The molecule has 1 saturated heterocycles. The van der Waals surface area contributed by atoms with Crippen LogP contribution >= 0.6 is 0 Å². The Morgan fingerprint density at radius 2 is 2.35 bits per heavy atom. The zero-order chi connectivity index (χ0) is 14.4. The number of rotatable bonds is 5. The van der Waals surface area contributed by atoms with Crippen molar-refractivity contribution < 1.29 is 9.53 Å². The third kappa shape index (κ3) is 4.23. The third-order valence-electron chi connectivity index (χ3n) is 3.59. The van der Waals surface area contributed by atoms with E-state index in [1.165, 1.54) is 0 Å². The van der Waals surface area contributed by atoms with E-state index in [0.29, 0.717) is 12.1 Å². The summed E-state index contributed by atoms with van der Waals surface area (Å²) in [5.41, 5.74) is 7.43. The lowest BCUT2D eigenvalue weighted by atomic mass is 10.1. The van der Waals surface area contributed by atoms with Gasteiger partial charge in [-0.05, 0) is 37.0 Å². The van der Waals surface area contributed by atoms with Crippen molar-refractivity contribution in [3.8, 4) is 0 Å². The summed E-state index contributed by atoms with van der Waals surface area (Å²) in [7, 11) is 0. The molecule has 1 fully saturated rings. The third-order valence-corrected chi connectivity index (χ3v) is 3.59. The SMILES string of the molecule is CCCOC1CCCN(C(=O)Cc2cccc(N)c2)C1. The predicted octanol–water partition coefficient (Wildman–Crippen LogP) is 2.23. The van der Waals surface area contributed by atoms with E-state index in [1.807, 2.05) is 29.2 Å². The lowest BCUT2D eigenvalue weighted by Crippen LogP contribution is -2.44. The summed E-state index contributed by atoms with van der Waals surface area (Å²) in [6.07, 6.45) is 3.73. The molecule has 1 aliphatic heterocycles. The average molecular weight is 276 g/mol. The minimum absolute atomic E-state index is 0.167. The van der Waals surface area contributed by atoms with Crippen molar-refractivity contribution in [1.29, 1.82) is 0 Å². The second-order valence-electron chi connectivity index (χ2n) is 5.40. The van der Waals surface area contributed by atoms with E-state index < -0.39 is 0 Å². The Morgan fingerprint density at radius 3 is 3.10 bits per heavy atom. The molecule has 0 bridgehead atoms. The molecule has 110 valence electrons. The van der Waals surface area contributed by atoms with Gasteiger partial charge in [0, 0.05) is 25.4 Å². The smallest absolute Gasteiger partial charge is 0.227 e. The van der Waals surface area contributed by atoms with Gasteiger partial charge in [0.2, 0.25) is 5.91 Å². The highest BCUT2D eigenvalue weighted by molar-refractivity contribution is 5.79. The minimum Gasteiger partial charge on any atom is -0.399 e. The minimum atomic E-state index is 0.167. The molecule has 0 radical (unpaired) electrons. The van der Waals surface area contributed by atoms with Crippen molar-refractivity contribution in [2.45, 2.75) is 38.7 Å². The molecule has 4 nitrogen and oxygen atoms in total. The first kappa shape index (κ1) is 14.9. The Morgan fingerprint density at radius 1 is 1.50 bits per heavy atom. The second-order valence-corrected chi connectivity index (χ2v) is 5.40. The van der Waals surface area contributed by atoms with E-state index in [1.54, 1.807) is 0 Å². The number of nitrogens with two attached hydrogens (primary N) is 1. The number of carbonyl (C=O) groups is 1. The van der Waals surface area contributed by atoms with Crippen molar-refractivity contribution >= 4 is 11.6 Å². The Bertz CT molecular complexity index is 448. The first-order chi connectivity index (χ1) is 9.69. The molecule has 1 aliphatic rings. The molecule has 1 atom stereocenters. The van der Waals surface area contributed by atoms with E-state index in [0.717, 1.165) is 44.5 Å². The summed E-state index contributed by atoms with van der Waals surface area (Å²) >= 11 is 0. The van der Waals surface area contributed by atoms with Crippen molar-refractivity contribution in [3.05, 3.63) is 29.8 Å². The van der Waals surface area contributed by atoms with Crippen LogP contribution in [-0.4, -0.2) is 36.6 Å². The molecular weight excluding hydrogens is 252 g/mol. The molecule has 0 saturated carbocycles. The highest BCUT2D eigenvalue weighted by atomic mass is 16.5. The summed E-state index contributed by atoms with van der Waals surface area (Å²) < 4.78 is 5.77. The maximum atomic E-state index is 12.3. The van der Waals surface area contributed by atoms with E-state index in [4.69, 9.17) is 10.5 Å². The summed E-state index contributed by atoms with van der Waals surface area (Å²) in [6.45, 7) is 4.45. The average Bonchev–Trinajstić information content (AvgIpc) is 2.45. The summed E-state index contributed by atoms with van der Waals surface area (Å²) in [5.74, 6) is 0.167. The van der Waals surface area contributed by atoms with E-state index in [9.17, 15) is 4.79 Å². The molecule has 1 amide bonds. The van der Waals surface area contributed by atoms with Crippen molar-refractivity contribution in [2.24, 2.45) is 0 Å². The first-order valence-electron chi connectivity index (χ1n) is 7.43. The quantitative estimate of drug-likeness (QED) is 0.839. The van der Waals surface area contributed by atoms with Gasteiger partial charge < -0.3 is 15.4 Å². The second kappa shape index (κ2) is 7.29. The number of amides is 1. The van der Waals surface area contributed by atoms with Gasteiger partial charge in [0.1, 0.15) is 0 Å². The molecule has 1 aromatic rings. The topological polar surface area (TPSA) is 55.6 Å². The van der Waals surface area contributed by atoms with Gasteiger partial charge in [-0.25, -0.2) is 0 Å². The molecule has 0 aromatic heterocycles. The zero-order valence-corrected chi connectivity index (χ0v) is 12.2. The standard InChI is InChI=1S/C16H24N2O2/c1-2-9-20-15-7-4-8-18(12-15)16(19)11-13-5-3-6-14(17)10-13/h3,5-6,10,15H,2,4,7-9,11-12,17H2,1H3.